The molecule has 0 aromatic heterocycles. The second-order valence-electron chi connectivity index (χ2n) is 5.68. The van der Waals surface area contributed by atoms with Gasteiger partial charge in [0.25, 0.3) is 0 Å². The quantitative estimate of drug-likeness (QED) is 0.890. The molecule has 1 fully saturated rings. The van der Waals surface area contributed by atoms with Gasteiger partial charge >= 0.3 is 5.97 Å². The lowest BCUT2D eigenvalue weighted by molar-refractivity contribution is -0.151. The molecule has 0 bridgehead atoms. The molecule has 1 unspecified atom stereocenters. The van der Waals surface area contributed by atoms with Crippen molar-refractivity contribution in [1.82, 2.24) is 5.32 Å². The molecule has 112 valence electrons. The molecular weight excluding hydrogens is 270 g/mol. The first-order chi connectivity index (χ1) is 10.1. The third-order valence-corrected chi connectivity index (χ3v) is 4.27. The number of carbonyl (C=O) groups is 2. The number of aliphatic carboxylic acids is 1. The van der Waals surface area contributed by atoms with Crippen molar-refractivity contribution < 1.29 is 19.4 Å². The maximum absolute atomic E-state index is 12.3. The van der Waals surface area contributed by atoms with Gasteiger partial charge in [-0.2, -0.15) is 0 Å². The smallest absolute Gasteiger partial charge is 0.332 e. The van der Waals surface area contributed by atoms with Crippen LogP contribution in [0.2, 0.25) is 0 Å². The van der Waals surface area contributed by atoms with Crippen LogP contribution in [0.15, 0.2) is 24.3 Å². The number of carboxylic acid groups (broad SMARTS) is 1. The van der Waals surface area contributed by atoms with E-state index in [1.807, 2.05) is 12.1 Å². The molecule has 1 heterocycles. The Hall–Kier alpha value is -1.88. The third-order valence-electron chi connectivity index (χ3n) is 4.27. The molecule has 1 aliphatic carbocycles. The van der Waals surface area contributed by atoms with Crippen molar-refractivity contribution in [2.45, 2.75) is 50.4 Å². The SMILES string of the molecule is O=C(NC1CCCc2ccccc21)[C@@H]1CC[C@H](C(=O)O)O1. The number of aryl methyl sites for hydroxylation is 1. The molecule has 5 nitrogen and oxygen atoms in total. The molecule has 1 aliphatic heterocycles. The van der Waals surface area contributed by atoms with Crippen molar-refractivity contribution in [2.24, 2.45) is 0 Å². The summed E-state index contributed by atoms with van der Waals surface area (Å²) < 4.78 is 5.30. The minimum Gasteiger partial charge on any atom is -0.479 e. The van der Waals surface area contributed by atoms with Crippen molar-refractivity contribution in [3.05, 3.63) is 35.4 Å². The van der Waals surface area contributed by atoms with Gasteiger partial charge in [0, 0.05) is 0 Å². The molecule has 1 amide bonds. The minimum atomic E-state index is -0.992. The number of ether oxygens (including phenoxy) is 1. The van der Waals surface area contributed by atoms with E-state index in [-0.39, 0.29) is 11.9 Å². The number of fused-ring (bicyclic) bond motifs is 1. The van der Waals surface area contributed by atoms with Crippen LogP contribution in [0, 0.1) is 0 Å². The topological polar surface area (TPSA) is 75.6 Å². The molecule has 3 rings (SSSR count). The zero-order valence-corrected chi connectivity index (χ0v) is 11.7. The molecule has 21 heavy (non-hydrogen) atoms. The van der Waals surface area contributed by atoms with Crippen LogP contribution >= 0.6 is 0 Å². The summed E-state index contributed by atoms with van der Waals surface area (Å²) in [5.74, 6) is -1.19. The van der Waals surface area contributed by atoms with E-state index in [1.54, 1.807) is 0 Å². The number of carboxylic acids is 1. The highest BCUT2D eigenvalue weighted by Gasteiger charge is 2.35. The monoisotopic (exact) mass is 289 g/mol. The van der Waals surface area contributed by atoms with Crippen molar-refractivity contribution in [3.63, 3.8) is 0 Å². The van der Waals surface area contributed by atoms with Crippen molar-refractivity contribution in [2.75, 3.05) is 0 Å². The highest BCUT2D eigenvalue weighted by molar-refractivity contribution is 5.83. The molecular formula is C16H19NO4. The van der Waals surface area contributed by atoms with Gasteiger partial charge in [-0.3, -0.25) is 4.79 Å². The van der Waals surface area contributed by atoms with Crippen LogP contribution in [0.5, 0.6) is 0 Å². The largest absolute Gasteiger partial charge is 0.479 e. The van der Waals surface area contributed by atoms with Gasteiger partial charge in [-0.15, -0.1) is 0 Å². The highest BCUT2D eigenvalue weighted by atomic mass is 16.5. The maximum Gasteiger partial charge on any atom is 0.332 e. The van der Waals surface area contributed by atoms with Crippen LogP contribution in [0.4, 0.5) is 0 Å². The van der Waals surface area contributed by atoms with Crippen LogP contribution in [0.1, 0.15) is 42.9 Å². The number of hydrogen-bond donors (Lipinski definition) is 2. The summed E-state index contributed by atoms with van der Waals surface area (Å²) in [6.07, 6.45) is 2.39. The Kier molecular flexibility index (Phi) is 3.92. The number of nitrogens with one attached hydrogen (secondary N) is 1. The normalized spacial score (nSPS) is 27.9. The fourth-order valence-corrected chi connectivity index (χ4v) is 3.18. The number of amides is 1. The molecule has 1 saturated heterocycles. The zero-order valence-electron chi connectivity index (χ0n) is 11.7. The Morgan fingerprint density at radius 1 is 1.14 bits per heavy atom. The fraction of sp³-hybridized carbons (Fsp3) is 0.500. The third kappa shape index (κ3) is 2.93. The standard InChI is InChI=1S/C16H19NO4/c18-15(13-8-9-14(21-13)16(19)20)17-12-7-3-5-10-4-1-2-6-11(10)12/h1-2,4,6,12-14H,3,5,7-9H2,(H,17,18)(H,19,20)/t12?,13-,14+/m0/s1. The summed E-state index contributed by atoms with van der Waals surface area (Å²) in [4.78, 5) is 23.1. The Balaban J connectivity index is 1.65. The minimum absolute atomic E-state index is 0.00919. The Morgan fingerprint density at radius 3 is 2.67 bits per heavy atom. The van der Waals surface area contributed by atoms with Crippen LogP contribution in [-0.4, -0.2) is 29.2 Å². The average Bonchev–Trinajstić information content (AvgIpc) is 2.98. The van der Waals surface area contributed by atoms with Gasteiger partial charge in [-0.05, 0) is 43.2 Å². The first-order valence-corrected chi connectivity index (χ1v) is 7.41. The van der Waals surface area contributed by atoms with Crippen molar-refractivity contribution >= 4 is 11.9 Å². The van der Waals surface area contributed by atoms with E-state index in [1.165, 1.54) is 11.1 Å². The Morgan fingerprint density at radius 2 is 1.90 bits per heavy atom. The maximum atomic E-state index is 12.3. The molecule has 2 aliphatic rings. The Labute approximate surface area is 123 Å². The van der Waals surface area contributed by atoms with E-state index in [2.05, 4.69) is 17.4 Å². The molecule has 3 atom stereocenters. The predicted molar refractivity (Wildman–Crippen MR) is 75.8 cm³/mol. The molecule has 2 N–H and O–H groups in total. The number of hydrogen-bond acceptors (Lipinski definition) is 3. The molecule has 1 aromatic carbocycles. The molecule has 0 saturated carbocycles. The first-order valence-electron chi connectivity index (χ1n) is 7.41. The van der Waals surface area contributed by atoms with Crippen molar-refractivity contribution in [1.29, 1.82) is 0 Å². The van der Waals surface area contributed by atoms with E-state index in [9.17, 15) is 9.59 Å². The molecule has 0 radical (unpaired) electrons. The Bertz CT molecular complexity index is 557. The van der Waals surface area contributed by atoms with Gasteiger partial charge in [0.05, 0.1) is 6.04 Å². The number of rotatable bonds is 3. The second kappa shape index (κ2) is 5.85. The van der Waals surface area contributed by atoms with Crippen LogP contribution in [-0.2, 0) is 20.7 Å². The summed E-state index contributed by atoms with van der Waals surface area (Å²) >= 11 is 0. The predicted octanol–water partition coefficient (Wildman–Crippen LogP) is 1.81. The van der Waals surface area contributed by atoms with Gasteiger partial charge in [-0.25, -0.2) is 4.79 Å². The summed E-state index contributed by atoms with van der Waals surface area (Å²) in [7, 11) is 0. The van der Waals surface area contributed by atoms with Crippen LogP contribution in [0.3, 0.4) is 0 Å². The average molecular weight is 289 g/mol. The molecule has 1 aromatic rings. The molecule has 5 heteroatoms. The van der Waals surface area contributed by atoms with Crippen molar-refractivity contribution in [3.8, 4) is 0 Å². The first kappa shape index (κ1) is 14.1. The zero-order chi connectivity index (χ0) is 14.8. The lowest BCUT2D eigenvalue weighted by atomic mass is 9.87. The van der Waals surface area contributed by atoms with E-state index in [0.717, 1.165) is 19.3 Å². The lowest BCUT2D eigenvalue weighted by Crippen LogP contribution is -2.39. The van der Waals surface area contributed by atoms with Crippen LogP contribution in [0.25, 0.3) is 0 Å². The molecule has 0 spiro atoms. The second-order valence-corrected chi connectivity index (χ2v) is 5.68. The van der Waals surface area contributed by atoms with E-state index >= 15 is 0 Å². The van der Waals surface area contributed by atoms with Gasteiger partial charge in [-0.1, -0.05) is 24.3 Å². The number of benzene rings is 1. The summed E-state index contributed by atoms with van der Waals surface area (Å²) in [6.45, 7) is 0. The van der Waals surface area contributed by atoms with Gasteiger partial charge < -0.3 is 15.2 Å². The summed E-state index contributed by atoms with van der Waals surface area (Å²) in [5.41, 5.74) is 2.45. The van der Waals surface area contributed by atoms with Gasteiger partial charge in [0.15, 0.2) is 6.10 Å². The van der Waals surface area contributed by atoms with Gasteiger partial charge in [0.2, 0.25) is 5.91 Å². The van der Waals surface area contributed by atoms with E-state index in [0.29, 0.717) is 12.8 Å². The highest BCUT2D eigenvalue weighted by Crippen LogP contribution is 2.30. The lowest BCUT2D eigenvalue weighted by Gasteiger charge is -2.27. The fourth-order valence-electron chi connectivity index (χ4n) is 3.18. The summed E-state index contributed by atoms with van der Waals surface area (Å²) in [6, 6.07) is 8.15. The van der Waals surface area contributed by atoms with Gasteiger partial charge in [0.1, 0.15) is 6.10 Å². The van der Waals surface area contributed by atoms with E-state index < -0.39 is 18.2 Å². The van der Waals surface area contributed by atoms with Crippen LogP contribution < -0.4 is 5.32 Å². The number of carbonyl (C=O) groups excluding carboxylic acids is 1. The summed E-state index contributed by atoms with van der Waals surface area (Å²) in [5, 5.41) is 11.9. The van der Waals surface area contributed by atoms with E-state index in [4.69, 9.17) is 9.84 Å².